The SMILES string of the molecule is CC(C)CCCCCC[C@](N)(O)[C@@H](O)[C@H](O)[C@H](O)CO. The fourth-order valence-corrected chi connectivity index (χ4v) is 2.08. The van der Waals surface area contributed by atoms with Crippen molar-refractivity contribution in [2.45, 2.75) is 76.4 Å². The molecule has 6 heteroatoms. The lowest BCUT2D eigenvalue weighted by molar-refractivity contribution is -0.159. The second-order valence-corrected chi connectivity index (χ2v) is 6.02. The van der Waals surface area contributed by atoms with Gasteiger partial charge in [-0.3, -0.25) is 0 Å². The fraction of sp³-hybridized carbons (Fsp3) is 1.00. The number of aliphatic hydroxyl groups excluding tert-OH is 4. The van der Waals surface area contributed by atoms with Crippen molar-refractivity contribution in [2.75, 3.05) is 6.61 Å². The summed E-state index contributed by atoms with van der Waals surface area (Å²) in [6, 6.07) is 0. The Labute approximate surface area is 121 Å². The molecule has 0 aliphatic rings. The van der Waals surface area contributed by atoms with E-state index in [9.17, 15) is 20.4 Å². The van der Waals surface area contributed by atoms with E-state index in [4.69, 9.17) is 10.8 Å². The lowest BCUT2D eigenvalue weighted by Gasteiger charge is -2.33. The van der Waals surface area contributed by atoms with E-state index in [1.165, 1.54) is 0 Å². The van der Waals surface area contributed by atoms with Crippen molar-refractivity contribution < 1.29 is 25.5 Å². The summed E-state index contributed by atoms with van der Waals surface area (Å²) >= 11 is 0. The van der Waals surface area contributed by atoms with Crippen molar-refractivity contribution in [3.63, 3.8) is 0 Å². The molecule has 0 fully saturated rings. The normalized spacial score (nSPS) is 19.6. The zero-order valence-corrected chi connectivity index (χ0v) is 12.6. The third-order valence-electron chi connectivity index (χ3n) is 3.53. The van der Waals surface area contributed by atoms with Crippen LogP contribution in [0, 0.1) is 5.92 Å². The van der Waals surface area contributed by atoms with Gasteiger partial charge in [-0.25, -0.2) is 0 Å². The van der Waals surface area contributed by atoms with Crippen LogP contribution in [-0.2, 0) is 0 Å². The minimum absolute atomic E-state index is 0.130. The first-order valence-electron chi connectivity index (χ1n) is 7.38. The molecule has 0 aliphatic carbocycles. The Morgan fingerprint density at radius 3 is 2.05 bits per heavy atom. The topological polar surface area (TPSA) is 127 Å². The molecule has 6 nitrogen and oxygen atoms in total. The van der Waals surface area contributed by atoms with E-state index in [-0.39, 0.29) is 6.42 Å². The lowest BCUT2D eigenvalue weighted by Crippen LogP contribution is -2.59. The Morgan fingerprint density at radius 1 is 1.00 bits per heavy atom. The molecular weight excluding hydrogens is 262 g/mol. The Bertz CT molecular complexity index is 248. The summed E-state index contributed by atoms with van der Waals surface area (Å²) in [6.07, 6.45) is 0.0765. The highest BCUT2D eigenvalue weighted by Gasteiger charge is 2.38. The molecule has 0 radical (unpaired) electrons. The average Bonchev–Trinajstić information content (AvgIpc) is 2.39. The van der Waals surface area contributed by atoms with Gasteiger partial charge >= 0.3 is 0 Å². The summed E-state index contributed by atoms with van der Waals surface area (Å²) in [6.45, 7) is 3.63. The van der Waals surface area contributed by atoms with E-state index in [1.54, 1.807) is 0 Å². The van der Waals surface area contributed by atoms with E-state index in [2.05, 4.69) is 13.8 Å². The van der Waals surface area contributed by atoms with Gasteiger partial charge in [0.25, 0.3) is 0 Å². The van der Waals surface area contributed by atoms with E-state index in [0.717, 1.165) is 25.7 Å². The molecule has 0 aliphatic heterocycles. The van der Waals surface area contributed by atoms with Crippen molar-refractivity contribution in [1.82, 2.24) is 0 Å². The molecule has 0 aromatic rings. The molecule has 7 N–H and O–H groups in total. The third-order valence-corrected chi connectivity index (χ3v) is 3.53. The predicted octanol–water partition coefficient (Wildman–Crippen LogP) is -0.295. The van der Waals surface area contributed by atoms with Crippen LogP contribution in [0.25, 0.3) is 0 Å². The van der Waals surface area contributed by atoms with Crippen LogP contribution < -0.4 is 5.73 Å². The maximum absolute atomic E-state index is 9.92. The highest BCUT2D eigenvalue weighted by molar-refractivity contribution is 4.88. The largest absolute Gasteiger partial charge is 0.394 e. The summed E-state index contributed by atoms with van der Waals surface area (Å²) in [5.41, 5.74) is 3.60. The smallest absolute Gasteiger partial charge is 0.142 e. The highest BCUT2D eigenvalue weighted by Crippen LogP contribution is 2.19. The van der Waals surface area contributed by atoms with Crippen LogP contribution in [0.4, 0.5) is 0 Å². The molecule has 20 heavy (non-hydrogen) atoms. The Balaban J connectivity index is 3.99. The maximum Gasteiger partial charge on any atom is 0.142 e. The van der Waals surface area contributed by atoms with Gasteiger partial charge in [0, 0.05) is 0 Å². The van der Waals surface area contributed by atoms with E-state index < -0.39 is 30.6 Å². The molecule has 0 rings (SSSR count). The van der Waals surface area contributed by atoms with Crippen LogP contribution in [0.1, 0.15) is 52.4 Å². The van der Waals surface area contributed by atoms with Gasteiger partial charge in [-0.2, -0.15) is 0 Å². The summed E-state index contributed by atoms with van der Waals surface area (Å²) in [4.78, 5) is 0. The standard InChI is InChI=1S/C14H31NO5/c1-10(2)7-5-3-4-6-8-14(15,20)13(19)12(18)11(17)9-16/h10-13,16-20H,3-9,15H2,1-2H3/t11-,12-,13+,14+/m1/s1. The van der Waals surface area contributed by atoms with Gasteiger partial charge < -0.3 is 31.3 Å². The predicted molar refractivity (Wildman–Crippen MR) is 76.8 cm³/mol. The minimum atomic E-state index is -1.96. The molecule has 0 heterocycles. The fourth-order valence-electron chi connectivity index (χ4n) is 2.08. The Kier molecular flexibility index (Phi) is 9.54. The van der Waals surface area contributed by atoms with E-state index in [1.807, 2.05) is 0 Å². The number of rotatable bonds is 11. The number of hydrogen-bond acceptors (Lipinski definition) is 6. The van der Waals surface area contributed by atoms with Gasteiger partial charge in [0.1, 0.15) is 24.0 Å². The zero-order valence-electron chi connectivity index (χ0n) is 12.6. The van der Waals surface area contributed by atoms with Gasteiger partial charge in [0.15, 0.2) is 0 Å². The first kappa shape index (κ1) is 19.8. The second kappa shape index (κ2) is 9.65. The van der Waals surface area contributed by atoms with Crippen molar-refractivity contribution in [1.29, 1.82) is 0 Å². The summed E-state index contributed by atoms with van der Waals surface area (Å²) in [5.74, 6) is 0.679. The van der Waals surface area contributed by atoms with Crippen LogP contribution in [0.2, 0.25) is 0 Å². The lowest BCUT2D eigenvalue weighted by atomic mass is 9.93. The number of nitrogens with two attached hydrogens (primary N) is 1. The monoisotopic (exact) mass is 293 g/mol. The van der Waals surface area contributed by atoms with E-state index in [0.29, 0.717) is 12.3 Å². The van der Waals surface area contributed by atoms with Crippen molar-refractivity contribution in [2.24, 2.45) is 11.7 Å². The van der Waals surface area contributed by atoms with Crippen LogP contribution in [-0.4, -0.2) is 56.2 Å². The number of aliphatic hydroxyl groups is 5. The Morgan fingerprint density at radius 2 is 1.55 bits per heavy atom. The van der Waals surface area contributed by atoms with Crippen molar-refractivity contribution in [3.8, 4) is 0 Å². The first-order valence-corrected chi connectivity index (χ1v) is 7.38. The Hall–Kier alpha value is -0.240. The van der Waals surface area contributed by atoms with Crippen molar-refractivity contribution in [3.05, 3.63) is 0 Å². The maximum atomic E-state index is 9.92. The molecule has 0 aromatic carbocycles. The van der Waals surface area contributed by atoms with Crippen LogP contribution in [0.5, 0.6) is 0 Å². The molecular formula is C14H31NO5. The number of hydrogen-bond donors (Lipinski definition) is 6. The van der Waals surface area contributed by atoms with Gasteiger partial charge in [-0.15, -0.1) is 0 Å². The molecule has 0 saturated heterocycles. The molecule has 122 valence electrons. The van der Waals surface area contributed by atoms with Gasteiger partial charge in [-0.1, -0.05) is 39.5 Å². The molecule has 0 unspecified atom stereocenters. The van der Waals surface area contributed by atoms with Gasteiger partial charge in [0.2, 0.25) is 0 Å². The first-order chi connectivity index (χ1) is 9.22. The molecule has 0 spiro atoms. The molecule has 0 bridgehead atoms. The molecule has 0 aromatic heterocycles. The average molecular weight is 293 g/mol. The third kappa shape index (κ3) is 7.52. The van der Waals surface area contributed by atoms with Gasteiger partial charge in [0.05, 0.1) is 6.61 Å². The number of unbranched alkanes of at least 4 members (excludes halogenated alkanes) is 3. The van der Waals surface area contributed by atoms with Crippen molar-refractivity contribution >= 4 is 0 Å². The minimum Gasteiger partial charge on any atom is -0.394 e. The zero-order chi connectivity index (χ0) is 15.8. The van der Waals surface area contributed by atoms with Crippen LogP contribution in [0.3, 0.4) is 0 Å². The molecule has 0 amide bonds. The molecule has 4 atom stereocenters. The molecule has 0 saturated carbocycles. The summed E-state index contributed by atoms with van der Waals surface area (Å²) in [7, 11) is 0. The van der Waals surface area contributed by atoms with E-state index >= 15 is 0 Å². The van der Waals surface area contributed by atoms with Gasteiger partial charge in [-0.05, 0) is 18.8 Å². The summed E-state index contributed by atoms with van der Waals surface area (Å²) in [5, 5.41) is 47.1. The second-order valence-electron chi connectivity index (χ2n) is 6.02. The highest BCUT2D eigenvalue weighted by atomic mass is 16.4. The summed E-state index contributed by atoms with van der Waals surface area (Å²) < 4.78 is 0. The van der Waals surface area contributed by atoms with Crippen LogP contribution >= 0.6 is 0 Å². The van der Waals surface area contributed by atoms with Crippen LogP contribution in [0.15, 0.2) is 0 Å². The quantitative estimate of drug-likeness (QED) is 0.229.